The summed E-state index contributed by atoms with van der Waals surface area (Å²) in [4.78, 5) is 25.6. The van der Waals surface area contributed by atoms with Crippen LogP contribution in [0.5, 0.6) is 0 Å². The van der Waals surface area contributed by atoms with E-state index in [1.807, 2.05) is 12.1 Å². The van der Waals surface area contributed by atoms with E-state index in [1.54, 1.807) is 54.1 Å². The Kier molecular flexibility index (Phi) is 6.77. The van der Waals surface area contributed by atoms with Crippen LogP contribution in [0, 0.1) is 6.92 Å². The molecule has 0 spiro atoms. The Bertz CT molecular complexity index is 1360. The minimum Gasteiger partial charge on any atom is -0.287 e. The second-order valence-electron chi connectivity index (χ2n) is 7.13. The van der Waals surface area contributed by atoms with E-state index in [1.165, 1.54) is 12.1 Å². The van der Waals surface area contributed by atoms with E-state index in [4.69, 9.17) is 46.4 Å². The van der Waals surface area contributed by atoms with Crippen LogP contribution in [0.3, 0.4) is 0 Å². The molecule has 9 heteroatoms. The quantitative estimate of drug-likeness (QED) is 0.295. The number of rotatable bonds is 4. The van der Waals surface area contributed by atoms with Gasteiger partial charge in [-0.1, -0.05) is 58.5 Å². The van der Waals surface area contributed by atoms with Crippen LogP contribution in [0.15, 0.2) is 66.7 Å². The average Bonchev–Trinajstić information content (AvgIpc) is 3.11. The Balaban J connectivity index is 1.79. The molecule has 2 amide bonds. The zero-order chi connectivity index (χ0) is 23.7. The SMILES string of the molecule is Cc1c(C(=O)NC(=O)c2ccc(Cl)cc2)nn(-c2ccc(Cl)cc2Cl)c1-c1ccc(Cl)cc1. The molecule has 4 aromatic rings. The Labute approximate surface area is 209 Å². The first kappa shape index (κ1) is 23.3. The maximum Gasteiger partial charge on any atom is 0.278 e. The number of benzene rings is 3. The molecule has 0 aliphatic rings. The number of aromatic nitrogens is 2. The molecule has 0 unspecified atom stereocenters. The zero-order valence-corrected chi connectivity index (χ0v) is 20.1. The van der Waals surface area contributed by atoms with Gasteiger partial charge in [-0.2, -0.15) is 5.10 Å². The predicted molar refractivity (Wildman–Crippen MR) is 132 cm³/mol. The van der Waals surface area contributed by atoms with Crippen LogP contribution in [0.25, 0.3) is 16.9 Å². The number of nitrogens with zero attached hydrogens (tertiary/aromatic N) is 2. The minimum atomic E-state index is -0.647. The van der Waals surface area contributed by atoms with Gasteiger partial charge in [0.2, 0.25) is 0 Å². The number of hydrogen-bond donors (Lipinski definition) is 1. The predicted octanol–water partition coefficient (Wildman–Crippen LogP) is 7.03. The minimum absolute atomic E-state index is 0.0771. The highest BCUT2D eigenvalue weighted by Gasteiger charge is 2.24. The topological polar surface area (TPSA) is 64.0 Å². The van der Waals surface area contributed by atoms with Crippen LogP contribution in [0.4, 0.5) is 0 Å². The van der Waals surface area contributed by atoms with Crippen molar-refractivity contribution in [3.63, 3.8) is 0 Å². The summed E-state index contributed by atoms with van der Waals surface area (Å²) in [5, 5.41) is 8.75. The Hall–Kier alpha value is -2.83. The van der Waals surface area contributed by atoms with Crippen molar-refractivity contribution < 1.29 is 9.59 Å². The molecule has 3 aromatic carbocycles. The number of amides is 2. The van der Waals surface area contributed by atoms with Crippen LogP contribution in [0.1, 0.15) is 26.4 Å². The standard InChI is InChI=1S/C24H15Cl4N3O2/c1-13-21(24(33)29-23(32)15-4-8-17(26)9-5-15)30-31(20-11-10-18(27)12-19(20)28)22(13)14-2-6-16(25)7-3-14/h2-12H,1H3,(H,29,32,33). The lowest BCUT2D eigenvalue weighted by atomic mass is 10.1. The van der Waals surface area contributed by atoms with Crippen LogP contribution >= 0.6 is 46.4 Å². The third kappa shape index (κ3) is 4.92. The van der Waals surface area contributed by atoms with Crippen molar-refractivity contribution in [3.8, 4) is 16.9 Å². The molecule has 5 nitrogen and oxygen atoms in total. The van der Waals surface area contributed by atoms with Crippen molar-refractivity contribution in [3.05, 3.63) is 104 Å². The highest BCUT2D eigenvalue weighted by atomic mass is 35.5. The molecule has 0 fully saturated rings. The molecule has 1 heterocycles. The molecule has 4 rings (SSSR count). The third-order valence-corrected chi connectivity index (χ3v) is 5.97. The van der Waals surface area contributed by atoms with Gasteiger partial charge in [0.25, 0.3) is 11.8 Å². The largest absolute Gasteiger partial charge is 0.287 e. The lowest BCUT2D eigenvalue weighted by Gasteiger charge is -2.11. The zero-order valence-electron chi connectivity index (χ0n) is 17.1. The van der Waals surface area contributed by atoms with E-state index in [-0.39, 0.29) is 5.69 Å². The van der Waals surface area contributed by atoms with E-state index >= 15 is 0 Å². The van der Waals surface area contributed by atoms with Crippen molar-refractivity contribution in [2.24, 2.45) is 0 Å². The number of nitrogens with one attached hydrogen (secondary N) is 1. The summed E-state index contributed by atoms with van der Waals surface area (Å²) in [6.07, 6.45) is 0. The first-order valence-electron chi connectivity index (χ1n) is 9.67. The second-order valence-corrected chi connectivity index (χ2v) is 8.84. The Morgan fingerprint density at radius 1 is 0.788 bits per heavy atom. The van der Waals surface area contributed by atoms with Gasteiger partial charge in [0, 0.05) is 31.8 Å². The Morgan fingerprint density at radius 3 is 1.97 bits per heavy atom. The van der Waals surface area contributed by atoms with E-state index in [2.05, 4.69) is 10.4 Å². The second kappa shape index (κ2) is 9.57. The smallest absolute Gasteiger partial charge is 0.278 e. The van der Waals surface area contributed by atoms with Crippen molar-refractivity contribution in [2.75, 3.05) is 0 Å². The normalized spacial score (nSPS) is 10.8. The van der Waals surface area contributed by atoms with Gasteiger partial charge in [0.1, 0.15) is 0 Å². The fourth-order valence-corrected chi connectivity index (χ4v) is 4.06. The third-order valence-electron chi connectivity index (χ3n) is 4.93. The first-order valence-corrected chi connectivity index (χ1v) is 11.2. The molecule has 0 aliphatic carbocycles. The number of hydrogen-bond acceptors (Lipinski definition) is 3. The van der Waals surface area contributed by atoms with Gasteiger partial charge < -0.3 is 0 Å². The summed E-state index contributed by atoms with van der Waals surface area (Å²) in [7, 11) is 0. The number of imide groups is 1. The summed E-state index contributed by atoms with van der Waals surface area (Å²) < 4.78 is 1.55. The van der Waals surface area contributed by atoms with Gasteiger partial charge >= 0.3 is 0 Å². The summed E-state index contributed by atoms with van der Waals surface area (Å²) in [6.45, 7) is 1.75. The molecule has 0 atom stereocenters. The highest BCUT2D eigenvalue weighted by molar-refractivity contribution is 6.35. The Morgan fingerprint density at radius 2 is 1.36 bits per heavy atom. The summed E-state index contributed by atoms with van der Waals surface area (Å²) in [5.41, 5.74) is 2.84. The molecule has 0 aliphatic heterocycles. The number of carbonyl (C=O) groups is 2. The molecule has 1 N–H and O–H groups in total. The molecular weight excluding hydrogens is 504 g/mol. The van der Waals surface area contributed by atoms with Crippen LogP contribution in [0.2, 0.25) is 20.1 Å². The van der Waals surface area contributed by atoms with E-state index < -0.39 is 11.8 Å². The molecular formula is C24H15Cl4N3O2. The maximum atomic E-state index is 13.0. The first-order chi connectivity index (χ1) is 15.7. The molecule has 1 aromatic heterocycles. The summed E-state index contributed by atoms with van der Waals surface area (Å²) in [6, 6.07) is 18.3. The van der Waals surface area contributed by atoms with Crippen LogP contribution in [-0.4, -0.2) is 21.6 Å². The molecule has 33 heavy (non-hydrogen) atoms. The lowest BCUT2D eigenvalue weighted by Crippen LogP contribution is -2.31. The van der Waals surface area contributed by atoms with Crippen molar-refractivity contribution in [1.29, 1.82) is 0 Å². The molecule has 166 valence electrons. The van der Waals surface area contributed by atoms with Gasteiger partial charge in [0.05, 0.1) is 16.4 Å². The van der Waals surface area contributed by atoms with Gasteiger partial charge in [-0.15, -0.1) is 0 Å². The highest BCUT2D eigenvalue weighted by Crippen LogP contribution is 2.33. The average molecular weight is 519 g/mol. The summed E-state index contributed by atoms with van der Waals surface area (Å²) >= 11 is 24.4. The fraction of sp³-hybridized carbons (Fsp3) is 0.0417. The van der Waals surface area contributed by atoms with Gasteiger partial charge in [-0.25, -0.2) is 4.68 Å². The van der Waals surface area contributed by atoms with E-state index in [0.717, 1.165) is 5.56 Å². The molecule has 0 saturated heterocycles. The van der Waals surface area contributed by atoms with Crippen molar-refractivity contribution in [2.45, 2.75) is 6.92 Å². The van der Waals surface area contributed by atoms with Gasteiger partial charge in [-0.3, -0.25) is 14.9 Å². The van der Waals surface area contributed by atoms with E-state index in [0.29, 0.717) is 42.6 Å². The van der Waals surface area contributed by atoms with Gasteiger partial charge in [0.15, 0.2) is 5.69 Å². The number of halogens is 4. The summed E-state index contributed by atoms with van der Waals surface area (Å²) in [5.74, 6) is -1.21. The van der Waals surface area contributed by atoms with Crippen LogP contribution in [-0.2, 0) is 0 Å². The van der Waals surface area contributed by atoms with E-state index in [9.17, 15) is 9.59 Å². The molecule has 0 saturated carbocycles. The van der Waals surface area contributed by atoms with Crippen molar-refractivity contribution >= 4 is 58.2 Å². The fourth-order valence-electron chi connectivity index (χ4n) is 3.32. The van der Waals surface area contributed by atoms with Gasteiger partial charge in [-0.05, 0) is 61.5 Å². The molecule has 0 bridgehead atoms. The molecule has 0 radical (unpaired) electrons. The van der Waals surface area contributed by atoms with Crippen molar-refractivity contribution in [1.82, 2.24) is 15.1 Å². The monoisotopic (exact) mass is 517 g/mol. The van der Waals surface area contributed by atoms with Crippen LogP contribution < -0.4 is 5.32 Å². The lowest BCUT2D eigenvalue weighted by molar-refractivity contribution is 0.0846. The number of carbonyl (C=O) groups excluding carboxylic acids is 2. The maximum absolute atomic E-state index is 13.0.